The van der Waals surface area contributed by atoms with Gasteiger partial charge in [0, 0.05) is 11.3 Å². The van der Waals surface area contributed by atoms with Crippen molar-refractivity contribution in [2.45, 2.75) is 6.92 Å². The monoisotopic (exact) mass is 262 g/mol. The highest BCUT2D eigenvalue weighted by Crippen LogP contribution is 2.24. The van der Waals surface area contributed by atoms with Gasteiger partial charge in [-0.25, -0.2) is 4.39 Å². The van der Waals surface area contributed by atoms with E-state index in [1.54, 1.807) is 18.2 Å². The molecule has 2 aromatic rings. The first kappa shape index (κ1) is 12.4. The lowest BCUT2D eigenvalue weighted by Gasteiger charge is -2.07. The van der Waals surface area contributed by atoms with E-state index in [1.807, 2.05) is 6.92 Å². The van der Waals surface area contributed by atoms with Gasteiger partial charge in [-0.1, -0.05) is 12.2 Å². The Bertz CT molecular complexity index is 584. The van der Waals surface area contributed by atoms with Gasteiger partial charge in [-0.2, -0.15) is 0 Å². The predicted molar refractivity (Wildman–Crippen MR) is 71.3 cm³/mol. The van der Waals surface area contributed by atoms with Gasteiger partial charge in [-0.3, -0.25) is 4.98 Å². The van der Waals surface area contributed by atoms with Crippen molar-refractivity contribution in [1.29, 1.82) is 0 Å². The van der Waals surface area contributed by atoms with Crippen molar-refractivity contribution in [3.63, 3.8) is 0 Å². The van der Waals surface area contributed by atoms with Crippen molar-refractivity contribution >= 4 is 17.2 Å². The van der Waals surface area contributed by atoms with Crippen LogP contribution in [0.5, 0.6) is 11.5 Å². The minimum atomic E-state index is -0.513. The van der Waals surface area contributed by atoms with Crippen LogP contribution in [0.3, 0.4) is 0 Å². The average Bonchev–Trinajstić information content (AvgIpc) is 2.34. The van der Waals surface area contributed by atoms with Gasteiger partial charge in [0.1, 0.15) is 10.7 Å². The van der Waals surface area contributed by atoms with E-state index in [9.17, 15) is 4.39 Å². The third kappa shape index (κ3) is 2.81. The first-order valence-corrected chi connectivity index (χ1v) is 5.67. The molecule has 0 bridgehead atoms. The van der Waals surface area contributed by atoms with Crippen LogP contribution < -0.4 is 10.5 Å². The molecule has 0 aliphatic heterocycles. The number of halogens is 1. The number of hydrogen-bond donors (Lipinski definition) is 1. The molecule has 2 rings (SSSR count). The Morgan fingerprint density at radius 3 is 2.67 bits per heavy atom. The van der Waals surface area contributed by atoms with Crippen LogP contribution in [-0.4, -0.2) is 9.97 Å². The standard InChI is InChI=1S/C13H11FN2OS/c1-8-2-4-10(7-16-8)17-12-5-3-9(13(15)18)6-11(12)14/h2-7H,1H3,(H2,15,18). The first-order valence-electron chi connectivity index (χ1n) is 5.26. The number of nitrogens with zero attached hydrogens (tertiary/aromatic N) is 1. The number of benzene rings is 1. The molecule has 0 atom stereocenters. The lowest BCUT2D eigenvalue weighted by atomic mass is 10.2. The van der Waals surface area contributed by atoms with E-state index in [0.717, 1.165) is 5.69 Å². The molecule has 0 unspecified atom stereocenters. The molecule has 0 saturated heterocycles. The number of aromatic nitrogens is 1. The Balaban J connectivity index is 2.24. The summed E-state index contributed by atoms with van der Waals surface area (Å²) < 4.78 is 19.1. The fraction of sp³-hybridized carbons (Fsp3) is 0.0769. The third-order valence-electron chi connectivity index (χ3n) is 2.33. The zero-order chi connectivity index (χ0) is 13.1. The van der Waals surface area contributed by atoms with Crippen molar-refractivity contribution in [2.24, 2.45) is 5.73 Å². The first-order chi connectivity index (χ1) is 8.56. The topological polar surface area (TPSA) is 48.1 Å². The molecular formula is C13H11FN2OS. The van der Waals surface area contributed by atoms with E-state index in [0.29, 0.717) is 11.3 Å². The maximum absolute atomic E-state index is 13.7. The summed E-state index contributed by atoms with van der Waals surface area (Å²) in [6, 6.07) is 7.87. The van der Waals surface area contributed by atoms with Crippen LogP contribution in [-0.2, 0) is 0 Å². The Morgan fingerprint density at radius 1 is 1.33 bits per heavy atom. The van der Waals surface area contributed by atoms with Crippen molar-refractivity contribution in [3.8, 4) is 11.5 Å². The van der Waals surface area contributed by atoms with Crippen LogP contribution in [0.2, 0.25) is 0 Å². The highest BCUT2D eigenvalue weighted by molar-refractivity contribution is 7.80. The van der Waals surface area contributed by atoms with Gasteiger partial charge in [0.2, 0.25) is 0 Å². The highest BCUT2D eigenvalue weighted by Gasteiger charge is 2.07. The summed E-state index contributed by atoms with van der Waals surface area (Å²) in [6.45, 7) is 1.86. The van der Waals surface area contributed by atoms with E-state index >= 15 is 0 Å². The fourth-order valence-corrected chi connectivity index (χ4v) is 1.51. The van der Waals surface area contributed by atoms with Gasteiger partial charge in [0.05, 0.1) is 6.20 Å². The summed E-state index contributed by atoms with van der Waals surface area (Å²) in [5.41, 5.74) is 6.75. The maximum atomic E-state index is 13.7. The van der Waals surface area contributed by atoms with E-state index in [2.05, 4.69) is 4.98 Å². The predicted octanol–water partition coefficient (Wildman–Crippen LogP) is 2.96. The molecule has 3 nitrogen and oxygen atoms in total. The van der Waals surface area contributed by atoms with Crippen molar-refractivity contribution < 1.29 is 9.13 Å². The number of nitrogens with two attached hydrogens (primary N) is 1. The molecule has 0 amide bonds. The molecule has 0 saturated carbocycles. The molecule has 0 radical (unpaired) electrons. The molecule has 1 aromatic carbocycles. The molecular weight excluding hydrogens is 251 g/mol. The quantitative estimate of drug-likeness (QED) is 0.864. The average molecular weight is 262 g/mol. The summed E-state index contributed by atoms with van der Waals surface area (Å²) in [7, 11) is 0. The van der Waals surface area contributed by atoms with Gasteiger partial charge >= 0.3 is 0 Å². The molecule has 5 heteroatoms. The van der Waals surface area contributed by atoms with Crippen LogP contribution in [0.1, 0.15) is 11.3 Å². The summed E-state index contributed by atoms with van der Waals surface area (Å²) in [6.07, 6.45) is 1.54. The number of rotatable bonds is 3. The van der Waals surface area contributed by atoms with Gasteiger partial charge in [0.15, 0.2) is 11.6 Å². The van der Waals surface area contributed by atoms with Crippen molar-refractivity contribution in [3.05, 3.63) is 53.6 Å². The lowest BCUT2D eigenvalue weighted by molar-refractivity contribution is 0.440. The molecule has 0 aliphatic carbocycles. The van der Waals surface area contributed by atoms with E-state index in [4.69, 9.17) is 22.7 Å². The van der Waals surface area contributed by atoms with Crippen LogP contribution in [0, 0.1) is 12.7 Å². The van der Waals surface area contributed by atoms with Gasteiger partial charge < -0.3 is 10.5 Å². The second kappa shape index (κ2) is 5.10. The van der Waals surface area contributed by atoms with Gasteiger partial charge in [-0.05, 0) is 37.3 Å². The smallest absolute Gasteiger partial charge is 0.166 e. The molecule has 0 fully saturated rings. The molecule has 0 aliphatic rings. The summed E-state index contributed by atoms with van der Waals surface area (Å²) in [5.74, 6) is 0.0732. The zero-order valence-corrected chi connectivity index (χ0v) is 10.5. The number of hydrogen-bond acceptors (Lipinski definition) is 3. The summed E-state index contributed by atoms with van der Waals surface area (Å²) in [5, 5.41) is 0. The summed E-state index contributed by atoms with van der Waals surface area (Å²) >= 11 is 4.77. The molecule has 2 N–H and O–H groups in total. The molecule has 1 heterocycles. The minimum Gasteiger partial charge on any atom is -0.453 e. The second-order valence-corrected chi connectivity index (χ2v) is 4.19. The van der Waals surface area contributed by atoms with E-state index in [-0.39, 0.29) is 10.7 Å². The normalized spacial score (nSPS) is 10.1. The minimum absolute atomic E-state index is 0.112. The Morgan fingerprint density at radius 2 is 2.11 bits per heavy atom. The third-order valence-corrected chi connectivity index (χ3v) is 2.56. The number of thiocarbonyl (C=S) groups is 1. The Kier molecular flexibility index (Phi) is 3.53. The molecule has 92 valence electrons. The highest BCUT2D eigenvalue weighted by atomic mass is 32.1. The molecule has 1 aromatic heterocycles. The SMILES string of the molecule is Cc1ccc(Oc2ccc(C(N)=S)cc2F)cn1. The van der Waals surface area contributed by atoms with E-state index < -0.39 is 5.82 Å². The fourth-order valence-electron chi connectivity index (χ4n) is 1.38. The molecule has 0 spiro atoms. The van der Waals surface area contributed by atoms with E-state index in [1.165, 1.54) is 18.3 Å². The van der Waals surface area contributed by atoms with Gasteiger partial charge in [0.25, 0.3) is 0 Å². The van der Waals surface area contributed by atoms with Gasteiger partial charge in [-0.15, -0.1) is 0 Å². The van der Waals surface area contributed by atoms with Crippen LogP contribution in [0.25, 0.3) is 0 Å². The lowest BCUT2D eigenvalue weighted by Crippen LogP contribution is -2.09. The number of aryl methyl sites for hydroxylation is 1. The maximum Gasteiger partial charge on any atom is 0.166 e. The van der Waals surface area contributed by atoms with Crippen LogP contribution in [0.4, 0.5) is 4.39 Å². The van der Waals surface area contributed by atoms with Crippen molar-refractivity contribution in [1.82, 2.24) is 4.98 Å². The van der Waals surface area contributed by atoms with Crippen LogP contribution in [0.15, 0.2) is 36.5 Å². The molecule has 18 heavy (non-hydrogen) atoms. The number of ether oxygens (including phenoxy) is 1. The van der Waals surface area contributed by atoms with Crippen LogP contribution >= 0.6 is 12.2 Å². The largest absolute Gasteiger partial charge is 0.453 e. The number of pyridine rings is 1. The Labute approximate surface area is 109 Å². The second-order valence-electron chi connectivity index (χ2n) is 3.75. The summed E-state index contributed by atoms with van der Waals surface area (Å²) in [4.78, 5) is 4.21. The zero-order valence-electron chi connectivity index (χ0n) is 9.68. The Hall–Kier alpha value is -2.01. The van der Waals surface area contributed by atoms with Crippen molar-refractivity contribution in [2.75, 3.05) is 0 Å².